The number of carbonyl (C=O) groups is 1. The molecule has 2 aliphatic heterocycles. The monoisotopic (exact) mass is 570 g/mol. The van der Waals surface area contributed by atoms with Crippen molar-refractivity contribution in [2.24, 2.45) is 5.73 Å². The summed E-state index contributed by atoms with van der Waals surface area (Å²) in [6.07, 6.45) is -0.0236. The number of allylic oxidation sites excluding steroid dienone is 2. The van der Waals surface area contributed by atoms with Crippen molar-refractivity contribution in [3.05, 3.63) is 40.2 Å². The number of hydrogen-bond acceptors (Lipinski definition) is 8. The molecule has 0 bridgehead atoms. The fourth-order valence-corrected chi connectivity index (χ4v) is 6.44. The molecule has 12 heteroatoms. The summed E-state index contributed by atoms with van der Waals surface area (Å²) in [5.74, 6) is -0.406. The minimum absolute atomic E-state index is 0.0246. The summed E-state index contributed by atoms with van der Waals surface area (Å²) < 4.78 is 40.6. The first-order chi connectivity index (χ1) is 19.5. The summed E-state index contributed by atoms with van der Waals surface area (Å²) in [6.45, 7) is 5.19. The maximum Gasteiger partial charge on any atom is 0.431 e. The predicted octanol–water partition coefficient (Wildman–Crippen LogP) is 3.18. The SMILES string of the molecule is CN1CCN(C2CCN(C(=O)C(=N)c3c(N)ccc4nc(C(C=N)=C(N)C(F)(F)F)c5c(c34)CCCC5)CC2)CC1. The molecule has 2 saturated heterocycles. The van der Waals surface area contributed by atoms with Crippen molar-refractivity contribution in [3.63, 3.8) is 0 Å². The molecule has 1 aromatic heterocycles. The maximum atomic E-state index is 13.6. The standard InChI is InChI=1S/C29H37F3N8O/c1-38-12-14-39(15-13-38)17-8-10-40(11-9-17)28(41)25(35)24-21(34)6-7-22-23(24)18-4-2-3-5-19(18)26(37-22)20(16-33)27(36)29(30,31)32/h6-7,16-17,33,35H,2-5,8-15,34,36H2,1H3. The van der Waals surface area contributed by atoms with Crippen LogP contribution in [0.5, 0.6) is 0 Å². The van der Waals surface area contributed by atoms with Crippen molar-refractivity contribution >= 4 is 40.0 Å². The molecule has 6 N–H and O–H groups in total. The van der Waals surface area contributed by atoms with Gasteiger partial charge < -0.3 is 26.7 Å². The van der Waals surface area contributed by atoms with E-state index in [-0.39, 0.29) is 22.7 Å². The number of nitrogens with one attached hydrogen (secondary N) is 2. The minimum Gasteiger partial charge on any atom is -0.398 e. The lowest BCUT2D eigenvalue weighted by Gasteiger charge is -2.42. The summed E-state index contributed by atoms with van der Waals surface area (Å²) in [6, 6.07) is 3.54. The summed E-state index contributed by atoms with van der Waals surface area (Å²) in [5.41, 5.74) is 11.9. The smallest absolute Gasteiger partial charge is 0.398 e. The Hall–Kier alpha value is -3.51. The van der Waals surface area contributed by atoms with Crippen LogP contribution in [0, 0.1) is 10.8 Å². The van der Waals surface area contributed by atoms with E-state index in [0.29, 0.717) is 54.7 Å². The van der Waals surface area contributed by atoms with E-state index in [0.717, 1.165) is 57.4 Å². The van der Waals surface area contributed by atoms with Gasteiger partial charge in [0.1, 0.15) is 11.4 Å². The number of fused-ring (bicyclic) bond motifs is 3. The Bertz CT molecular complexity index is 1400. The summed E-state index contributed by atoms with van der Waals surface area (Å²) in [5, 5.41) is 17.2. The fraction of sp³-hybridized carbons (Fsp3) is 0.517. The van der Waals surface area contributed by atoms with Crippen molar-refractivity contribution in [2.75, 3.05) is 52.0 Å². The van der Waals surface area contributed by atoms with Crippen molar-refractivity contribution in [3.8, 4) is 0 Å². The van der Waals surface area contributed by atoms with Crippen LogP contribution in [0.1, 0.15) is 48.1 Å². The number of likely N-dealkylation sites (N-methyl/N-ethyl adjacent to an activating group) is 1. The molecule has 0 unspecified atom stereocenters. The average Bonchev–Trinajstić information content (AvgIpc) is 2.97. The molecule has 0 spiro atoms. The third-order valence-electron chi connectivity index (χ3n) is 8.77. The number of nitrogen functional groups attached to an aromatic ring is 1. The van der Waals surface area contributed by atoms with Crippen LogP contribution in [0.25, 0.3) is 16.5 Å². The van der Waals surface area contributed by atoms with E-state index in [1.54, 1.807) is 11.0 Å². The number of piperazine rings is 1. The van der Waals surface area contributed by atoms with Crippen molar-refractivity contribution in [1.82, 2.24) is 19.7 Å². The third-order valence-corrected chi connectivity index (χ3v) is 8.77. The Kier molecular flexibility index (Phi) is 8.06. The molecule has 3 heterocycles. The van der Waals surface area contributed by atoms with Gasteiger partial charge in [-0.25, -0.2) is 4.98 Å². The molecule has 0 atom stereocenters. The molecule has 1 amide bonds. The highest BCUT2D eigenvalue weighted by Crippen LogP contribution is 2.38. The van der Waals surface area contributed by atoms with Crippen LogP contribution in [-0.2, 0) is 17.6 Å². The number of hydrogen-bond donors (Lipinski definition) is 4. The highest BCUT2D eigenvalue weighted by molar-refractivity contribution is 6.47. The summed E-state index contributed by atoms with van der Waals surface area (Å²) >= 11 is 0. The van der Waals surface area contributed by atoms with E-state index < -0.39 is 23.4 Å². The van der Waals surface area contributed by atoms with Crippen LogP contribution in [0.3, 0.4) is 0 Å². The van der Waals surface area contributed by atoms with Gasteiger partial charge in [0.2, 0.25) is 0 Å². The third kappa shape index (κ3) is 5.54. The second kappa shape index (κ2) is 11.4. The van der Waals surface area contributed by atoms with E-state index in [1.807, 2.05) is 0 Å². The number of carbonyl (C=O) groups excluding carboxylic acids is 1. The predicted molar refractivity (Wildman–Crippen MR) is 154 cm³/mol. The highest BCUT2D eigenvalue weighted by Gasteiger charge is 2.36. The van der Waals surface area contributed by atoms with Crippen LogP contribution in [0.4, 0.5) is 18.9 Å². The molecule has 3 aliphatic rings. The second-order valence-corrected chi connectivity index (χ2v) is 11.3. The molecule has 220 valence electrons. The number of rotatable bonds is 5. The average molecular weight is 571 g/mol. The first-order valence-corrected chi connectivity index (χ1v) is 14.1. The van der Waals surface area contributed by atoms with Gasteiger partial charge in [0, 0.05) is 73.7 Å². The van der Waals surface area contributed by atoms with Crippen molar-refractivity contribution in [2.45, 2.75) is 50.7 Å². The Labute approximate surface area is 237 Å². The topological polar surface area (TPSA) is 139 Å². The molecular weight excluding hydrogens is 533 g/mol. The van der Waals surface area contributed by atoms with E-state index in [9.17, 15) is 18.0 Å². The van der Waals surface area contributed by atoms with Gasteiger partial charge >= 0.3 is 6.18 Å². The minimum atomic E-state index is -4.82. The molecule has 2 fully saturated rings. The van der Waals surface area contributed by atoms with Gasteiger partial charge in [0.25, 0.3) is 5.91 Å². The summed E-state index contributed by atoms with van der Waals surface area (Å²) in [4.78, 5) is 24.7. The van der Waals surface area contributed by atoms with Gasteiger partial charge in [0.15, 0.2) is 0 Å². The zero-order valence-electron chi connectivity index (χ0n) is 23.3. The molecule has 41 heavy (non-hydrogen) atoms. The Morgan fingerprint density at radius 1 is 1.05 bits per heavy atom. The Morgan fingerprint density at radius 3 is 2.29 bits per heavy atom. The first-order valence-electron chi connectivity index (χ1n) is 14.1. The lowest BCUT2D eigenvalue weighted by Crippen LogP contribution is -2.53. The zero-order valence-corrected chi connectivity index (χ0v) is 23.3. The number of anilines is 1. The molecular formula is C29H37F3N8O. The molecule has 5 rings (SSSR count). The molecule has 2 aromatic rings. The van der Waals surface area contributed by atoms with Crippen LogP contribution < -0.4 is 11.5 Å². The number of amides is 1. The second-order valence-electron chi connectivity index (χ2n) is 11.3. The number of pyridine rings is 1. The number of aromatic nitrogens is 1. The Morgan fingerprint density at radius 2 is 1.68 bits per heavy atom. The first kappa shape index (κ1) is 29.0. The number of aryl methyl sites for hydroxylation is 1. The molecule has 1 aromatic carbocycles. The van der Waals surface area contributed by atoms with Gasteiger partial charge in [0.05, 0.1) is 11.2 Å². The fourth-order valence-electron chi connectivity index (χ4n) is 6.44. The van der Waals surface area contributed by atoms with E-state index >= 15 is 0 Å². The van der Waals surface area contributed by atoms with Crippen LogP contribution in [0.2, 0.25) is 0 Å². The van der Waals surface area contributed by atoms with Crippen molar-refractivity contribution < 1.29 is 18.0 Å². The van der Waals surface area contributed by atoms with Gasteiger partial charge in [-0.3, -0.25) is 15.1 Å². The maximum absolute atomic E-state index is 13.6. The lowest BCUT2D eigenvalue weighted by atomic mass is 9.83. The largest absolute Gasteiger partial charge is 0.431 e. The Balaban J connectivity index is 1.49. The highest BCUT2D eigenvalue weighted by atomic mass is 19.4. The van der Waals surface area contributed by atoms with E-state index in [2.05, 4.69) is 21.8 Å². The number of halogens is 3. The number of piperidine rings is 1. The van der Waals surface area contributed by atoms with Gasteiger partial charge in [-0.05, 0) is 68.8 Å². The van der Waals surface area contributed by atoms with Crippen LogP contribution in [-0.4, -0.2) is 96.1 Å². The van der Waals surface area contributed by atoms with Gasteiger partial charge in [-0.15, -0.1) is 0 Å². The number of alkyl halides is 3. The number of benzene rings is 1. The van der Waals surface area contributed by atoms with E-state index in [1.165, 1.54) is 6.07 Å². The number of nitrogens with two attached hydrogens (primary N) is 2. The van der Waals surface area contributed by atoms with Crippen molar-refractivity contribution in [1.29, 1.82) is 10.8 Å². The van der Waals surface area contributed by atoms with E-state index in [4.69, 9.17) is 22.3 Å². The summed E-state index contributed by atoms with van der Waals surface area (Å²) in [7, 11) is 2.12. The lowest BCUT2D eigenvalue weighted by molar-refractivity contribution is -0.125. The van der Waals surface area contributed by atoms with Gasteiger partial charge in [-0.1, -0.05) is 0 Å². The van der Waals surface area contributed by atoms with Gasteiger partial charge in [-0.2, -0.15) is 13.2 Å². The normalized spacial score (nSPS) is 20.0. The number of likely N-dealkylation sites (tertiary alicyclic amines) is 1. The molecule has 1 aliphatic carbocycles. The zero-order chi connectivity index (χ0) is 29.5. The van der Waals surface area contributed by atoms with Crippen LogP contribution >= 0.6 is 0 Å². The molecule has 9 nitrogen and oxygen atoms in total. The molecule has 0 radical (unpaired) electrons. The van der Waals surface area contributed by atoms with Crippen LogP contribution in [0.15, 0.2) is 17.8 Å². The number of nitrogens with zero attached hydrogens (tertiary/aromatic N) is 4. The quantitative estimate of drug-likeness (QED) is 0.322. The molecule has 0 saturated carbocycles.